The first kappa shape index (κ1) is 19.4. The van der Waals surface area contributed by atoms with Gasteiger partial charge in [-0.3, -0.25) is 9.69 Å². The second-order valence-electron chi connectivity index (χ2n) is 7.94. The predicted molar refractivity (Wildman–Crippen MR) is 107 cm³/mol. The number of anilines is 1. The van der Waals surface area contributed by atoms with E-state index in [1.165, 1.54) is 0 Å². The third kappa shape index (κ3) is 3.78. The molecule has 152 valence electrons. The van der Waals surface area contributed by atoms with Crippen molar-refractivity contribution < 1.29 is 9.53 Å². The Bertz CT molecular complexity index is 892. The SMILES string of the molecule is CCn1c(CN2CC(=O)NC(C)(C)C2)nc2c(N3CCOCC3)nc(Cl)nc21. The van der Waals surface area contributed by atoms with Gasteiger partial charge in [-0.25, -0.2) is 4.98 Å². The van der Waals surface area contributed by atoms with Gasteiger partial charge in [-0.2, -0.15) is 9.97 Å². The van der Waals surface area contributed by atoms with E-state index in [-0.39, 0.29) is 16.7 Å². The Balaban J connectivity index is 1.71. The molecule has 0 unspecified atom stereocenters. The number of nitrogens with one attached hydrogen (secondary N) is 1. The topological polar surface area (TPSA) is 88.4 Å². The van der Waals surface area contributed by atoms with E-state index >= 15 is 0 Å². The Morgan fingerprint density at radius 1 is 1.21 bits per heavy atom. The number of rotatable bonds is 4. The van der Waals surface area contributed by atoms with Crippen LogP contribution in [0.2, 0.25) is 5.28 Å². The number of halogens is 1. The number of ether oxygens (including phenoxy) is 1. The molecule has 2 aliphatic rings. The Hall–Kier alpha value is -1.97. The number of piperazine rings is 1. The summed E-state index contributed by atoms with van der Waals surface area (Å²) in [5.74, 6) is 1.66. The van der Waals surface area contributed by atoms with Gasteiger partial charge < -0.3 is 19.5 Å². The van der Waals surface area contributed by atoms with Crippen molar-refractivity contribution in [2.75, 3.05) is 44.3 Å². The van der Waals surface area contributed by atoms with Gasteiger partial charge in [0.2, 0.25) is 11.2 Å². The largest absolute Gasteiger partial charge is 0.378 e. The molecule has 4 heterocycles. The lowest BCUT2D eigenvalue weighted by Crippen LogP contribution is -2.59. The second-order valence-corrected chi connectivity index (χ2v) is 8.28. The molecule has 0 bridgehead atoms. The van der Waals surface area contributed by atoms with Crippen LogP contribution in [-0.2, 0) is 22.6 Å². The van der Waals surface area contributed by atoms with E-state index in [0.29, 0.717) is 32.8 Å². The highest BCUT2D eigenvalue weighted by molar-refractivity contribution is 6.28. The molecule has 1 amide bonds. The van der Waals surface area contributed by atoms with Crippen LogP contribution in [0.5, 0.6) is 0 Å². The lowest BCUT2D eigenvalue weighted by Gasteiger charge is -2.38. The van der Waals surface area contributed by atoms with Crippen LogP contribution in [0.4, 0.5) is 5.82 Å². The fraction of sp³-hybridized carbons (Fsp3) is 0.667. The van der Waals surface area contributed by atoms with Crippen molar-refractivity contribution >= 4 is 34.5 Å². The monoisotopic (exact) mass is 407 g/mol. The second kappa shape index (κ2) is 7.46. The number of hydrogen-bond donors (Lipinski definition) is 1. The zero-order chi connectivity index (χ0) is 19.9. The van der Waals surface area contributed by atoms with Crippen LogP contribution in [0.1, 0.15) is 26.6 Å². The first-order valence-corrected chi connectivity index (χ1v) is 10.0. The van der Waals surface area contributed by atoms with Crippen molar-refractivity contribution in [1.29, 1.82) is 0 Å². The number of carbonyl (C=O) groups is 1. The number of morpholine rings is 1. The fourth-order valence-electron chi connectivity index (χ4n) is 4.04. The third-order valence-electron chi connectivity index (χ3n) is 5.08. The third-order valence-corrected chi connectivity index (χ3v) is 5.25. The first-order valence-electron chi connectivity index (χ1n) is 9.65. The van der Waals surface area contributed by atoms with Crippen LogP contribution < -0.4 is 10.2 Å². The Kier molecular flexibility index (Phi) is 5.15. The summed E-state index contributed by atoms with van der Waals surface area (Å²) in [5.41, 5.74) is 1.23. The molecule has 28 heavy (non-hydrogen) atoms. The molecule has 2 aromatic rings. The van der Waals surface area contributed by atoms with E-state index in [9.17, 15) is 4.79 Å². The van der Waals surface area contributed by atoms with E-state index < -0.39 is 0 Å². The minimum Gasteiger partial charge on any atom is -0.378 e. The van der Waals surface area contributed by atoms with Gasteiger partial charge in [-0.15, -0.1) is 0 Å². The fourth-order valence-corrected chi connectivity index (χ4v) is 4.20. The van der Waals surface area contributed by atoms with Crippen LogP contribution in [0.25, 0.3) is 11.2 Å². The molecule has 0 aliphatic carbocycles. The molecule has 0 spiro atoms. The highest BCUT2D eigenvalue weighted by atomic mass is 35.5. The van der Waals surface area contributed by atoms with Crippen LogP contribution in [-0.4, -0.2) is 75.3 Å². The molecule has 2 fully saturated rings. The van der Waals surface area contributed by atoms with Crippen molar-refractivity contribution in [3.8, 4) is 0 Å². The van der Waals surface area contributed by atoms with Gasteiger partial charge in [0, 0.05) is 31.7 Å². The molecule has 1 N–H and O–H groups in total. The summed E-state index contributed by atoms with van der Waals surface area (Å²) < 4.78 is 7.52. The molecule has 0 atom stereocenters. The van der Waals surface area contributed by atoms with Gasteiger partial charge in [-0.05, 0) is 32.4 Å². The number of imidazole rings is 1. The van der Waals surface area contributed by atoms with Gasteiger partial charge in [0.25, 0.3) is 0 Å². The van der Waals surface area contributed by atoms with Crippen LogP contribution in [0.3, 0.4) is 0 Å². The van der Waals surface area contributed by atoms with E-state index in [0.717, 1.165) is 42.4 Å². The molecule has 0 saturated carbocycles. The van der Waals surface area contributed by atoms with Gasteiger partial charge in [0.1, 0.15) is 5.82 Å². The number of aromatic nitrogens is 4. The lowest BCUT2D eigenvalue weighted by atomic mass is 10.0. The van der Waals surface area contributed by atoms with E-state index in [2.05, 4.69) is 36.6 Å². The van der Waals surface area contributed by atoms with E-state index in [1.54, 1.807) is 0 Å². The Labute approximate surface area is 169 Å². The summed E-state index contributed by atoms with van der Waals surface area (Å²) in [6.45, 7) is 11.3. The summed E-state index contributed by atoms with van der Waals surface area (Å²) in [6, 6.07) is 0. The molecular formula is C18H26ClN7O2. The molecule has 2 saturated heterocycles. The van der Waals surface area contributed by atoms with Gasteiger partial charge in [0.05, 0.1) is 26.3 Å². The maximum Gasteiger partial charge on any atom is 0.234 e. The zero-order valence-corrected chi connectivity index (χ0v) is 17.3. The number of aryl methyl sites for hydroxylation is 1. The summed E-state index contributed by atoms with van der Waals surface area (Å²) in [4.78, 5) is 30.2. The molecule has 0 radical (unpaired) electrons. The van der Waals surface area contributed by atoms with Gasteiger partial charge >= 0.3 is 0 Å². The predicted octanol–water partition coefficient (Wildman–Crippen LogP) is 1.05. The minimum absolute atomic E-state index is 0.0345. The standard InChI is InChI=1S/C18H26ClN7O2/c1-4-26-12(9-24-10-13(27)23-18(2,3)11-24)20-14-15(21-17(19)22-16(14)26)25-5-7-28-8-6-25/h4-11H2,1-3H3,(H,23,27). The van der Waals surface area contributed by atoms with Crippen LogP contribution in [0.15, 0.2) is 0 Å². The van der Waals surface area contributed by atoms with Crippen molar-refractivity contribution in [2.45, 2.75) is 39.4 Å². The number of carbonyl (C=O) groups excluding carboxylic acids is 1. The Morgan fingerprint density at radius 3 is 2.64 bits per heavy atom. The quantitative estimate of drug-likeness (QED) is 0.757. The highest BCUT2D eigenvalue weighted by Gasteiger charge is 2.31. The zero-order valence-electron chi connectivity index (χ0n) is 16.5. The molecule has 2 aliphatic heterocycles. The van der Waals surface area contributed by atoms with E-state index in [1.807, 2.05) is 13.8 Å². The first-order chi connectivity index (χ1) is 13.4. The summed E-state index contributed by atoms with van der Waals surface area (Å²) in [6.07, 6.45) is 0. The molecule has 9 nitrogen and oxygen atoms in total. The van der Waals surface area contributed by atoms with Crippen molar-refractivity contribution in [2.24, 2.45) is 0 Å². The van der Waals surface area contributed by atoms with Crippen LogP contribution >= 0.6 is 11.6 Å². The summed E-state index contributed by atoms with van der Waals surface area (Å²) in [7, 11) is 0. The average Bonchev–Trinajstić information content (AvgIpc) is 2.96. The summed E-state index contributed by atoms with van der Waals surface area (Å²) in [5, 5.41) is 3.24. The maximum atomic E-state index is 12.1. The molecule has 4 rings (SSSR count). The maximum absolute atomic E-state index is 12.1. The Morgan fingerprint density at radius 2 is 1.96 bits per heavy atom. The van der Waals surface area contributed by atoms with Crippen molar-refractivity contribution in [1.82, 2.24) is 29.7 Å². The molecule has 2 aromatic heterocycles. The molecule has 0 aromatic carbocycles. The number of hydrogen-bond acceptors (Lipinski definition) is 7. The van der Waals surface area contributed by atoms with Gasteiger partial charge in [0.15, 0.2) is 17.0 Å². The molecular weight excluding hydrogens is 382 g/mol. The smallest absolute Gasteiger partial charge is 0.234 e. The van der Waals surface area contributed by atoms with Crippen molar-refractivity contribution in [3.63, 3.8) is 0 Å². The van der Waals surface area contributed by atoms with Crippen molar-refractivity contribution in [3.05, 3.63) is 11.1 Å². The normalized spacial score (nSPS) is 20.6. The highest BCUT2D eigenvalue weighted by Crippen LogP contribution is 2.27. The lowest BCUT2D eigenvalue weighted by molar-refractivity contribution is -0.127. The van der Waals surface area contributed by atoms with Gasteiger partial charge in [-0.1, -0.05) is 0 Å². The average molecular weight is 408 g/mol. The minimum atomic E-state index is -0.263. The number of nitrogens with zero attached hydrogens (tertiary/aromatic N) is 6. The van der Waals surface area contributed by atoms with Crippen LogP contribution in [0, 0.1) is 0 Å². The summed E-state index contributed by atoms with van der Waals surface area (Å²) >= 11 is 6.25. The van der Waals surface area contributed by atoms with E-state index in [4.69, 9.17) is 21.3 Å². The number of amides is 1. The number of fused-ring (bicyclic) bond motifs is 1. The molecule has 10 heteroatoms.